The SMILES string of the molecule is CCOC(=O)CCOCCOCCOCCOCCOCCOCCOCCOCCOCCOCCOCCOCCN1C(=O)c2ccccc2C1=O. The van der Waals surface area contributed by atoms with Gasteiger partial charge in [0, 0.05) is 0 Å². The van der Waals surface area contributed by atoms with Gasteiger partial charge in [0.2, 0.25) is 0 Å². The van der Waals surface area contributed by atoms with Crippen molar-refractivity contribution in [1.82, 2.24) is 4.90 Å². The van der Waals surface area contributed by atoms with Gasteiger partial charge in [0.25, 0.3) is 11.8 Å². The van der Waals surface area contributed by atoms with Gasteiger partial charge in [0.15, 0.2) is 0 Å². The molecule has 17 nitrogen and oxygen atoms in total. The van der Waals surface area contributed by atoms with Crippen LogP contribution in [0.2, 0.25) is 0 Å². The van der Waals surface area contributed by atoms with Gasteiger partial charge in [-0.15, -0.1) is 0 Å². The summed E-state index contributed by atoms with van der Waals surface area (Å²) in [6, 6.07) is 6.81. The third-order valence-electron chi connectivity index (χ3n) is 7.19. The maximum atomic E-state index is 12.3. The van der Waals surface area contributed by atoms with Gasteiger partial charge in [-0.3, -0.25) is 19.3 Å². The Balaban J connectivity index is 1.15. The molecule has 0 saturated heterocycles. The van der Waals surface area contributed by atoms with Crippen LogP contribution < -0.4 is 0 Å². The van der Waals surface area contributed by atoms with E-state index in [1.54, 1.807) is 31.2 Å². The Morgan fingerprint density at radius 2 is 0.685 bits per heavy atom. The Bertz CT molecular complexity index is 1050. The van der Waals surface area contributed by atoms with Crippen LogP contribution >= 0.6 is 0 Å². The molecule has 0 atom stereocenters. The van der Waals surface area contributed by atoms with Crippen molar-refractivity contribution < 1.29 is 76.0 Å². The average molecular weight is 776 g/mol. The summed E-state index contributed by atoms with van der Waals surface area (Å²) in [6.45, 7) is 13.0. The largest absolute Gasteiger partial charge is 0.466 e. The summed E-state index contributed by atoms with van der Waals surface area (Å²) in [6.07, 6.45) is 0.249. The minimum Gasteiger partial charge on any atom is -0.466 e. The first-order valence-electron chi connectivity index (χ1n) is 18.7. The van der Waals surface area contributed by atoms with Crippen LogP contribution in [0.3, 0.4) is 0 Å². The van der Waals surface area contributed by atoms with E-state index < -0.39 is 0 Å². The van der Waals surface area contributed by atoms with Crippen molar-refractivity contribution >= 4 is 17.8 Å². The van der Waals surface area contributed by atoms with Crippen molar-refractivity contribution in [3.63, 3.8) is 0 Å². The Hall–Kier alpha value is -2.65. The predicted molar refractivity (Wildman–Crippen MR) is 193 cm³/mol. The third kappa shape index (κ3) is 24.7. The fourth-order valence-electron chi connectivity index (χ4n) is 4.51. The van der Waals surface area contributed by atoms with Gasteiger partial charge in [-0.25, -0.2) is 0 Å². The molecule has 0 radical (unpaired) electrons. The van der Waals surface area contributed by atoms with E-state index in [2.05, 4.69) is 0 Å². The molecule has 17 heteroatoms. The highest BCUT2D eigenvalue weighted by atomic mass is 16.6. The van der Waals surface area contributed by atoms with Crippen LogP contribution in [-0.2, 0) is 66.4 Å². The minimum absolute atomic E-state index is 0.209. The summed E-state index contributed by atoms with van der Waals surface area (Å²) in [5.41, 5.74) is 0.876. The second kappa shape index (κ2) is 34.8. The molecule has 1 aromatic carbocycles. The second-order valence-electron chi connectivity index (χ2n) is 11.2. The van der Waals surface area contributed by atoms with Crippen molar-refractivity contribution in [2.24, 2.45) is 0 Å². The van der Waals surface area contributed by atoms with Crippen molar-refractivity contribution in [2.45, 2.75) is 13.3 Å². The lowest BCUT2D eigenvalue weighted by molar-refractivity contribution is -0.144. The van der Waals surface area contributed by atoms with Crippen LogP contribution in [0.1, 0.15) is 34.1 Å². The molecule has 0 saturated carbocycles. The molecule has 0 N–H and O–H groups in total. The first kappa shape index (κ1) is 47.5. The number of fused-ring (bicyclic) bond motifs is 1. The van der Waals surface area contributed by atoms with Gasteiger partial charge >= 0.3 is 5.97 Å². The standard InChI is InChI=1S/C37H61NO16/c1-2-54-35(39)7-9-42-11-13-44-15-17-46-19-21-48-23-25-50-27-29-52-31-32-53-30-28-51-26-24-49-22-20-47-18-16-45-14-12-43-10-8-38-36(40)33-5-3-4-6-34(33)37(38)41/h3-6H,2,7-32H2,1H3. The lowest BCUT2D eigenvalue weighted by Crippen LogP contribution is -2.33. The maximum absolute atomic E-state index is 12.3. The Kier molecular flexibility index (Phi) is 30.6. The third-order valence-corrected chi connectivity index (χ3v) is 7.19. The van der Waals surface area contributed by atoms with E-state index >= 15 is 0 Å². The lowest BCUT2D eigenvalue weighted by Gasteiger charge is -2.13. The zero-order chi connectivity index (χ0) is 38.6. The molecule has 1 aliphatic rings. The van der Waals surface area contributed by atoms with Crippen molar-refractivity contribution in [3.05, 3.63) is 35.4 Å². The molecule has 2 amide bonds. The molecule has 0 unspecified atom stereocenters. The Morgan fingerprint density at radius 3 is 0.963 bits per heavy atom. The Morgan fingerprint density at radius 1 is 0.426 bits per heavy atom. The molecule has 0 fully saturated rings. The number of carbonyl (C=O) groups excluding carboxylic acids is 3. The van der Waals surface area contributed by atoms with Crippen LogP contribution in [0.4, 0.5) is 0 Å². The summed E-state index contributed by atoms with van der Waals surface area (Å²) in [7, 11) is 0. The van der Waals surface area contributed by atoms with E-state index in [0.717, 1.165) is 0 Å². The van der Waals surface area contributed by atoms with Gasteiger partial charge in [0.1, 0.15) is 0 Å². The fourth-order valence-corrected chi connectivity index (χ4v) is 4.51. The minimum atomic E-state index is -0.282. The first-order valence-corrected chi connectivity index (χ1v) is 18.7. The molecule has 1 aromatic rings. The molecule has 0 aromatic heterocycles. The summed E-state index contributed by atoms with van der Waals surface area (Å²) in [5.74, 6) is -0.821. The summed E-state index contributed by atoms with van der Waals surface area (Å²) < 4.78 is 70.2. The average Bonchev–Trinajstić information content (AvgIpc) is 3.42. The molecule has 0 aliphatic carbocycles. The number of ether oxygens (including phenoxy) is 13. The number of carbonyl (C=O) groups is 3. The van der Waals surface area contributed by atoms with E-state index in [9.17, 15) is 14.4 Å². The second-order valence-corrected chi connectivity index (χ2v) is 11.2. The van der Waals surface area contributed by atoms with E-state index in [1.165, 1.54) is 4.90 Å². The summed E-state index contributed by atoms with van der Waals surface area (Å²) in [5, 5.41) is 0. The number of esters is 1. The quantitative estimate of drug-likeness (QED) is 0.0532. The normalized spacial score (nSPS) is 12.6. The number of imide groups is 1. The number of amides is 2. The first-order chi connectivity index (χ1) is 26.6. The van der Waals surface area contributed by atoms with E-state index in [1.807, 2.05) is 0 Å². The fraction of sp³-hybridized carbons (Fsp3) is 0.757. The molecular formula is C37H61NO16. The highest BCUT2D eigenvalue weighted by molar-refractivity contribution is 6.21. The number of hydrogen-bond donors (Lipinski definition) is 0. The predicted octanol–water partition coefficient (Wildman–Crippen LogP) is 1.44. The van der Waals surface area contributed by atoms with Gasteiger partial charge < -0.3 is 61.6 Å². The molecule has 0 bridgehead atoms. The molecule has 1 heterocycles. The van der Waals surface area contributed by atoms with Gasteiger partial charge in [-0.2, -0.15) is 0 Å². The van der Waals surface area contributed by atoms with E-state index in [0.29, 0.717) is 170 Å². The molecule has 2 rings (SSSR count). The van der Waals surface area contributed by atoms with Gasteiger partial charge in [0.05, 0.1) is 189 Å². The monoisotopic (exact) mass is 775 g/mol. The number of nitrogens with zero attached hydrogens (tertiary/aromatic N) is 1. The van der Waals surface area contributed by atoms with Crippen molar-refractivity contribution in [1.29, 1.82) is 0 Å². The van der Waals surface area contributed by atoms with Crippen molar-refractivity contribution in [2.75, 3.05) is 172 Å². The van der Waals surface area contributed by atoms with Crippen LogP contribution in [0.25, 0.3) is 0 Å². The van der Waals surface area contributed by atoms with E-state index in [-0.39, 0.29) is 37.4 Å². The van der Waals surface area contributed by atoms with Crippen molar-refractivity contribution in [3.8, 4) is 0 Å². The molecule has 54 heavy (non-hydrogen) atoms. The lowest BCUT2D eigenvalue weighted by atomic mass is 10.1. The number of rotatable bonds is 40. The molecule has 0 spiro atoms. The van der Waals surface area contributed by atoms with E-state index in [4.69, 9.17) is 61.6 Å². The highest BCUT2D eigenvalue weighted by Gasteiger charge is 2.34. The van der Waals surface area contributed by atoms with Crippen LogP contribution in [0.5, 0.6) is 0 Å². The number of hydrogen-bond acceptors (Lipinski definition) is 16. The molecular weight excluding hydrogens is 714 g/mol. The van der Waals surface area contributed by atoms with Crippen LogP contribution in [0, 0.1) is 0 Å². The zero-order valence-electron chi connectivity index (χ0n) is 31.9. The number of benzene rings is 1. The van der Waals surface area contributed by atoms with Gasteiger partial charge in [-0.05, 0) is 19.1 Å². The van der Waals surface area contributed by atoms with Crippen LogP contribution in [-0.4, -0.2) is 194 Å². The zero-order valence-corrected chi connectivity index (χ0v) is 31.9. The highest BCUT2D eigenvalue weighted by Crippen LogP contribution is 2.21. The molecule has 310 valence electrons. The molecule has 1 aliphatic heterocycles. The smallest absolute Gasteiger partial charge is 0.308 e. The van der Waals surface area contributed by atoms with Gasteiger partial charge in [-0.1, -0.05) is 12.1 Å². The summed E-state index contributed by atoms with van der Waals surface area (Å²) >= 11 is 0. The summed E-state index contributed by atoms with van der Waals surface area (Å²) in [4.78, 5) is 37.0. The topological polar surface area (TPSA) is 174 Å². The maximum Gasteiger partial charge on any atom is 0.308 e. The van der Waals surface area contributed by atoms with Crippen LogP contribution in [0.15, 0.2) is 24.3 Å². The Labute approximate surface area is 318 Å².